The fourth-order valence-corrected chi connectivity index (χ4v) is 2.82. The molecule has 2 aromatic carbocycles. The summed E-state index contributed by atoms with van der Waals surface area (Å²) >= 11 is 0. The van der Waals surface area contributed by atoms with Crippen LogP contribution in [0.3, 0.4) is 0 Å². The first-order valence-electron chi connectivity index (χ1n) is 8.68. The average Bonchev–Trinajstić information content (AvgIpc) is 3.14. The lowest BCUT2D eigenvalue weighted by atomic mass is 10.2. The molecular weight excluding hydrogens is 401 g/mol. The molecule has 0 saturated heterocycles. The molecule has 0 radical (unpaired) electrons. The first-order valence-corrected chi connectivity index (χ1v) is 8.68. The summed E-state index contributed by atoms with van der Waals surface area (Å²) in [4.78, 5) is 24.0. The Morgan fingerprint density at radius 2 is 1.77 bits per heavy atom. The number of alkyl halides is 3. The maximum Gasteiger partial charge on any atom is 0.434 e. The van der Waals surface area contributed by atoms with Gasteiger partial charge in [0.05, 0.1) is 30.2 Å². The minimum Gasteiger partial charge on any atom is -0.495 e. The van der Waals surface area contributed by atoms with Crippen molar-refractivity contribution in [3.8, 4) is 11.4 Å². The number of rotatable bonds is 5. The number of carbonyl (C=O) groups excluding carboxylic acids is 2. The van der Waals surface area contributed by atoms with Gasteiger partial charge in [0.15, 0.2) is 5.69 Å². The van der Waals surface area contributed by atoms with Crippen LogP contribution < -0.4 is 15.4 Å². The van der Waals surface area contributed by atoms with Gasteiger partial charge in [-0.05, 0) is 30.3 Å². The number of hydrogen-bond acceptors (Lipinski definition) is 4. The van der Waals surface area contributed by atoms with Crippen LogP contribution in [0.4, 0.5) is 24.5 Å². The van der Waals surface area contributed by atoms with E-state index in [2.05, 4.69) is 15.7 Å². The lowest BCUT2D eigenvalue weighted by Crippen LogP contribution is -2.20. The van der Waals surface area contributed by atoms with Gasteiger partial charge in [0, 0.05) is 12.6 Å². The van der Waals surface area contributed by atoms with E-state index in [1.807, 2.05) is 0 Å². The van der Waals surface area contributed by atoms with Gasteiger partial charge in [-0.2, -0.15) is 18.3 Å². The van der Waals surface area contributed by atoms with Crippen LogP contribution in [0.5, 0.6) is 5.75 Å². The number of nitrogens with one attached hydrogen (secondary N) is 2. The summed E-state index contributed by atoms with van der Waals surface area (Å²) in [5.41, 5.74) is -1.23. The van der Waals surface area contributed by atoms with E-state index in [0.29, 0.717) is 10.4 Å². The second-order valence-electron chi connectivity index (χ2n) is 6.20. The molecule has 10 heteroatoms. The third kappa shape index (κ3) is 4.43. The number of methoxy groups -OCH3 is 1. The van der Waals surface area contributed by atoms with Crippen LogP contribution in [-0.2, 0) is 11.0 Å². The van der Waals surface area contributed by atoms with E-state index in [1.54, 1.807) is 18.2 Å². The minimum absolute atomic E-state index is 0.168. The van der Waals surface area contributed by atoms with Crippen molar-refractivity contribution in [2.24, 2.45) is 0 Å². The zero-order valence-electron chi connectivity index (χ0n) is 15.9. The van der Waals surface area contributed by atoms with Crippen molar-refractivity contribution < 1.29 is 27.5 Å². The molecule has 7 nitrogen and oxygen atoms in total. The molecule has 0 atom stereocenters. The average molecular weight is 418 g/mol. The molecule has 2 amide bonds. The van der Waals surface area contributed by atoms with Crippen molar-refractivity contribution in [1.29, 1.82) is 0 Å². The molecule has 156 valence electrons. The fourth-order valence-electron chi connectivity index (χ4n) is 2.82. The minimum atomic E-state index is -4.82. The molecule has 0 bridgehead atoms. The molecule has 0 aliphatic rings. The van der Waals surface area contributed by atoms with Crippen LogP contribution in [0.2, 0.25) is 0 Å². The summed E-state index contributed by atoms with van der Waals surface area (Å²) in [6.07, 6.45) is -3.95. The molecule has 0 fully saturated rings. The SMILES string of the molecule is COc1ccc(NC(=O)c2cnn(-c3ccccc3)c2C(F)(F)F)cc1NC(C)=O. The Hall–Kier alpha value is -3.82. The molecular formula is C20H17F3N4O3. The summed E-state index contributed by atoms with van der Waals surface area (Å²) in [7, 11) is 1.40. The highest BCUT2D eigenvalue weighted by molar-refractivity contribution is 6.05. The zero-order chi connectivity index (χ0) is 21.9. The molecule has 3 aromatic rings. The van der Waals surface area contributed by atoms with E-state index < -0.39 is 23.3 Å². The molecule has 0 spiro atoms. The molecule has 30 heavy (non-hydrogen) atoms. The smallest absolute Gasteiger partial charge is 0.434 e. The van der Waals surface area contributed by atoms with Crippen LogP contribution in [-0.4, -0.2) is 28.7 Å². The number of benzene rings is 2. The molecule has 0 saturated carbocycles. The van der Waals surface area contributed by atoms with Gasteiger partial charge in [-0.1, -0.05) is 18.2 Å². The standard InChI is InChI=1S/C20H17F3N4O3/c1-12(28)25-16-10-13(8-9-17(16)30-2)26-19(29)15-11-24-27(18(15)20(21,22)23)14-6-4-3-5-7-14/h3-11H,1-2H3,(H,25,28)(H,26,29). The molecule has 1 aromatic heterocycles. The largest absolute Gasteiger partial charge is 0.495 e. The normalized spacial score (nSPS) is 11.1. The lowest BCUT2D eigenvalue weighted by Gasteiger charge is -2.14. The maximum absolute atomic E-state index is 13.7. The van der Waals surface area contributed by atoms with Crippen LogP contribution in [0.15, 0.2) is 54.7 Å². The van der Waals surface area contributed by atoms with Crippen LogP contribution >= 0.6 is 0 Å². The number of anilines is 2. The molecule has 0 aliphatic heterocycles. The first-order chi connectivity index (χ1) is 14.2. The number of nitrogens with zero attached hydrogens (tertiary/aromatic N) is 2. The quantitative estimate of drug-likeness (QED) is 0.653. The maximum atomic E-state index is 13.7. The Morgan fingerprint density at radius 1 is 1.07 bits per heavy atom. The second kappa shape index (κ2) is 8.27. The van der Waals surface area contributed by atoms with Crippen molar-refractivity contribution in [2.45, 2.75) is 13.1 Å². The molecule has 0 unspecified atom stereocenters. The number of hydrogen-bond donors (Lipinski definition) is 2. The van der Waals surface area contributed by atoms with Crippen LogP contribution in [0.25, 0.3) is 5.69 Å². The number of aromatic nitrogens is 2. The second-order valence-corrected chi connectivity index (χ2v) is 6.20. The highest BCUT2D eigenvalue weighted by atomic mass is 19.4. The summed E-state index contributed by atoms with van der Waals surface area (Å²) in [5, 5.41) is 8.69. The number of carbonyl (C=O) groups is 2. The Balaban J connectivity index is 1.96. The van der Waals surface area contributed by atoms with E-state index in [9.17, 15) is 22.8 Å². The Kier molecular flexibility index (Phi) is 5.77. The Morgan fingerprint density at radius 3 is 2.37 bits per heavy atom. The van der Waals surface area contributed by atoms with Gasteiger partial charge >= 0.3 is 6.18 Å². The van der Waals surface area contributed by atoms with Crippen LogP contribution in [0, 0.1) is 0 Å². The van der Waals surface area contributed by atoms with Gasteiger partial charge in [0.25, 0.3) is 5.91 Å². The van der Waals surface area contributed by atoms with E-state index in [1.165, 1.54) is 44.4 Å². The van der Waals surface area contributed by atoms with Crippen molar-refractivity contribution in [3.63, 3.8) is 0 Å². The van der Waals surface area contributed by atoms with Gasteiger partial charge in [0.2, 0.25) is 5.91 Å². The predicted octanol–water partition coefficient (Wildman–Crippen LogP) is 4.11. The van der Waals surface area contributed by atoms with E-state index >= 15 is 0 Å². The van der Waals surface area contributed by atoms with Crippen molar-refractivity contribution >= 4 is 23.2 Å². The number of amides is 2. The number of halogens is 3. The van der Waals surface area contributed by atoms with Gasteiger partial charge in [-0.25, -0.2) is 4.68 Å². The number of ether oxygens (including phenoxy) is 1. The predicted molar refractivity (Wildman–Crippen MR) is 104 cm³/mol. The monoisotopic (exact) mass is 418 g/mol. The summed E-state index contributed by atoms with van der Waals surface area (Å²) in [6, 6.07) is 12.0. The zero-order valence-corrected chi connectivity index (χ0v) is 15.9. The van der Waals surface area contributed by atoms with E-state index in [-0.39, 0.29) is 23.0 Å². The highest BCUT2D eigenvalue weighted by Crippen LogP contribution is 2.34. The van der Waals surface area contributed by atoms with Gasteiger partial charge in [0.1, 0.15) is 5.75 Å². The Bertz CT molecular complexity index is 1080. The summed E-state index contributed by atoms with van der Waals surface area (Å²) in [5.74, 6) is -1.04. The van der Waals surface area contributed by atoms with Gasteiger partial charge in [-0.3, -0.25) is 9.59 Å². The van der Waals surface area contributed by atoms with Crippen molar-refractivity contribution in [1.82, 2.24) is 9.78 Å². The summed E-state index contributed by atoms with van der Waals surface area (Å²) in [6.45, 7) is 1.29. The topological polar surface area (TPSA) is 85.2 Å². The van der Waals surface area contributed by atoms with Crippen molar-refractivity contribution in [3.05, 3.63) is 66.0 Å². The van der Waals surface area contributed by atoms with Gasteiger partial charge < -0.3 is 15.4 Å². The number of para-hydroxylation sites is 1. The van der Waals surface area contributed by atoms with E-state index in [0.717, 1.165) is 6.20 Å². The molecule has 0 aliphatic carbocycles. The fraction of sp³-hybridized carbons (Fsp3) is 0.150. The third-order valence-corrected chi connectivity index (χ3v) is 4.05. The third-order valence-electron chi connectivity index (χ3n) is 4.05. The van der Waals surface area contributed by atoms with E-state index in [4.69, 9.17) is 4.74 Å². The summed E-state index contributed by atoms with van der Waals surface area (Å²) < 4.78 is 47.0. The highest BCUT2D eigenvalue weighted by Gasteiger charge is 2.40. The van der Waals surface area contributed by atoms with Crippen LogP contribution in [0.1, 0.15) is 23.0 Å². The Labute approximate surface area is 169 Å². The lowest BCUT2D eigenvalue weighted by molar-refractivity contribution is -0.143. The molecule has 1 heterocycles. The first kappa shape index (κ1) is 20.9. The molecule has 3 rings (SSSR count). The molecule has 2 N–H and O–H groups in total. The van der Waals surface area contributed by atoms with Crippen molar-refractivity contribution in [2.75, 3.05) is 17.7 Å². The van der Waals surface area contributed by atoms with Gasteiger partial charge in [-0.15, -0.1) is 0 Å².